The van der Waals surface area contributed by atoms with E-state index >= 15 is 0 Å². The maximum atomic E-state index is 11.5. The van der Waals surface area contributed by atoms with Gasteiger partial charge in [0.2, 0.25) is 0 Å². The van der Waals surface area contributed by atoms with Crippen LogP contribution in [0.5, 0.6) is 0 Å². The number of hydrogen-bond acceptors (Lipinski definition) is 5. The summed E-state index contributed by atoms with van der Waals surface area (Å²) in [5, 5.41) is 10.6. The lowest BCUT2D eigenvalue weighted by Crippen LogP contribution is -2.27. The van der Waals surface area contributed by atoms with Crippen LogP contribution in [0.1, 0.15) is 29.8 Å². The van der Waals surface area contributed by atoms with Gasteiger partial charge in [-0.05, 0) is 31.2 Å². The number of esters is 1. The van der Waals surface area contributed by atoms with E-state index in [9.17, 15) is 14.7 Å². The molecule has 98 valence electrons. The van der Waals surface area contributed by atoms with E-state index in [2.05, 4.69) is 0 Å². The summed E-state index contributed by atoms with van der Waals surface area (Å²) in [5.74, 6) is -1.23. The maximum Gasteiger partial charge on any atom is 0.316 e. The fraction of sp³-hybridized carbons (Fsp3) is 0.385. The summed E-state index contributed by atoms with van der Waals surface area (Å²) in [4.78, 5) is 22.1. The van der Waals surface area contributed by atoms with Crippen molar-refractivity contribution in [2.75, 3.05) is 12.0 Å². The summed E-state index contributed by atoms with van der Waals surface area (Å²) in [6.07, 6.45) is 1.82. The van der Waals surface area contributed by atoms with Crippen molar-refractivity contribution in [3.8, 4) is 0 Å². The molecule has 0 saturated heterocycles. The van der Waals surface area contributed by atoms with Crippen LogP contribution in [0.2, 0.25) is 0 Å². The third-order valence-electron chi connectivity index (χ3n) is 2.45. The lowest BCUT2D eigenvalue weighted by Gasteiger charge is -2.25. The number of hydrogen-bond donors (Lipinski definition) is 0. The summed E-state index contributed by atoms with van der Waals surface area (Å²) in [5.41, 5.74) is 0.0593. The SMILES string of the molecule is CSCC(=O)OC(C)(C)c1ccc(C(=O)[O-])cc1. The van der Waals surface area contributed by atoms with Crippen molar-refractivity contribution in [3.05, 3.63) is 35.4 Å². The minimum absolute atomic E-state index is 0.102. The second-order valence-electron chi connectivity index (χ2n) is 4.28. The zero-order chi connectivity index (χ0) is 13.8. The molecule has 0 heterocycles. The molecule has 0 spiro atoms. The van der Waals surface area contributed by atoms with E-state index in [0.717, 1.165) is 5.56 Å². The Labute approximate surface area is 110 Å². The van der Waals surface area contributed by atoms with Crippen LogP contribution in [0, 0.1) is 0 Å². The quantitative estimate of drug-likeness (QED) is 0.750. The molecule has 18 heavy (non-hydrogen) atoms. The van der Waals surface area contributed by atoms with E-state index in [1.807, 2.05) is 6.26 Å². The van der Waals surface area contributed by atoms with Gasteiger partial charge in [0.15, 0.2) is 0 Å². The Kier molecular flexibility index (Phi) is 4.78. The van der Waals surface area contributed by atoms with Crippen molar-refractivity contribution >= 4 is 23.7 Å². The molecule has 0 unspecified atom stereocenters. The van der Waals surface area contributed by atoms with Crippen LogP contribution in [-0.2, 0) is 15.1 Å². The van der Waals surface area contributed by atoms with Crippen LogP contribution in [0.25, 0.3) is 0 Å². The summed E-state index contributed by atoms with van der Waals surface area (Å²) < 4.78 is 5.34. The van der Waals surface area contributed by atoms with Crippen LogP contribution >= 0.6 is 11.8 Å². The first-order chi connectivity index (χ1) is 8.36. The number of thioether (sulfide) groups is 1. The Morgan fingerprint density at radius 3 is 2.28 bits per heavy atom. The predicted molar refractivity (Wildman–Crippen MR) is 68.3 cm³/mol. The highest BCUT2D eigenvalue weighted by Crippen LogP contribution is 2.25. The number of benzene rings is 1. The molecule has 0 radical (unpaired) electrons. The van der Waals surface area contributed by atoms with E-state index in [1.165, 1.54) is 23.9 Å². The normalized spacial score (nSPS) is 11.1. The highest BCUT2D eigenvalue weighted by Gasteiger charge is 2.24. The monoisotopic (exact) mass is 267 g/mol. The molecule has 0 amide bonds. The zero-order valence-corrected chi connectivity index (χ0v) is 11.4. The minimum Gasteiger partial charge on any atom is -0.545 e. The molecule has 0 saturated carbocycles. The lowest BCUT2D eigenvalue weighted by molar-refractivity contribution is -0.255. The standard InChI is InChI=1S/C13H16O4S/c1-13(2,17-11(14)8-18-3)10-6-4-9(5-7-10)12(15)16/h4-7H,8H2,1-3H3,(H,15,16)/p-1. The van der Waals surface area contributed by atoms with E-state index in [1.54, 1.807) is 26.0 Å². The molecule has 1 aromatic carbocycles. The third-order valence-corrected chi connectivity index (χ3v) is 2.97. The zero-order valence-electron chi connectivity index (χ0n) is 10.6. The highest BCUT2D eigenvalue weighted by molar-refractivity contribution is 7.99. The smallest absolute Gasteiger partial charge is 0.316 e. The summed E-state index contributed by atoms with van der Waals surface area (Å²) in [7, 11) is 0. The second kappa shape index (κ2) is 5.91. The number of ether oxygens (including phenoxy) is 1. The van der Waals surface area contributed by atoms with E-state index in [-0.39, 0.29) is 11.5 Å². The number of carboxylic acid groups (broad SMARTS) is 1. The van der Waals surface area contributed by atoms with Gasteiger partial charge < -0.3 is 14.6 Å². The van der Waals surface area contributed by atoms with Gasteiger partial charge in [0.25, 0.3) is 0 Å². The third kappa shape index (κ3) is 3.77. The molecule has 0 aliphatic heterocycles. The largest absolute Gasteiger partial charge is 0.545 e. The lowest BCUT2D eigenvalue weighted by atomic mass is 9.97. The van der Waals surface area contributed by atoms with Gasteiger partial charge in [0.05, 0.1) is 11.7 Å². The highest BCUT2D eigenvalue weighted by atomic mass is 32.2. The van der Waals surface area contributed by atoms with Crippen molar-refractivity contribution in [1.29, 1.82) is 0 Å². The van der Waals surface area contributed by atoms with E-state index in [0.29, 0.717) is 5.75 Å². The molecule has 0 aliphatic rings. The van der Waals surface area contributed by atoms with E-state index in [4.69, 9.17) is 4.74 Å². The van der Waals surface area contributed by atoms with Gasteiger partial charge in [-0.25, -0.2) is 0 Å². The first-order valence-corrected chi connectivity index (χ1v) is 6.79. The summed E-state index contributed by atoms with van der Waals surface area (Å²) >= 11 is 1.39. The van der Waals surface area contributed by atoms with Crippen LogP contribution in [-0.4, -0.2) is 23.9 Å². The molecule has 0 aliphatic carbocycles. The van der Waals surface area contributed by atoms with Crippen molar-refractivity contribution in [1.82, 2.24) is 0 Å². The second-order valence-corrected chi connectivity index (χ2v) is 5.15. The first kappa shape index (κ1) is 14.6. The molecule has 1 rings (SSSR count). The molecule has 0 N–H and O–H groups in total. The Balaban J connectivity index is 2.84. The van der Waals surface area contributed by atoms with Gasteiger partial charge in [-0.15, -0.1) is 0 Å². The number of carboxylic acids is 1. The van der Waals surface area contributed by atoms with E-state index < -0.39 is 11.6 Å². The Hall–Kier alpha value is -1.49. The van der Waals surface area contributed by atoms with Crippen molar-refractivity contribution in [3.63, 3.8) is 0 Å². The molecule has 0 fully saturated rings. The first-order valence-electron chi connectivity index (χ1n) is 5.39. The fourth-order valence-electron chi connectivity index (χ4n) is 1.50. The maximum absolute atomic E-state index is 11.5. The van der Waals surface area contributed by atoms with Crippen molar-refractivity contribution in [2.24, 2.45) is 0 Å². The van der Waals surface area contributed by atoms with Crippen molar-refractivity contribution in [2.45, 2.75) is 19.4 Å². The van der Waals surface area contributed by atoms with Crippen LogP contribution in [0.4, 0.5) is 0 Å². The summed E-state index contributed by atoms with van der Waals surface area (Å²) in [6, 6.07) is 6.12. The van der Waals surface area contributed by atoms with Crippen LogP contribution < -0.4 is 5.11 Å². The molecular weight excluding hydrogens is 252 g/mol. The van der Waals surface area contributed by atoms with Crippen molar-refractivity contribution < 1.29 is 19.4 Å². The van der Waals surface area contributed by atoms with Gasteiger partial charge in [-0.3, -0.25) is 4.79 Å². The average molecular weight is 267 g/mol. The number of aromatic carboxylic acids is 1. The topological polar surface area (TPSA) is 66.4 Å². The molecule has 0 bridgehead atoms. The Bertz CT molecular complexity index is 437. The Morgan fingerprint density at radius 2 is 1.83 bits per heavy atom. The minimum atomic E-state index is -1.22. The van der Waals surface area contributed by atoms with Crippen LogP contribution in [0.3, 0.4) is 0 Å². The molecule has 0 atom stereocenters. The molecular formula is C13H15O4S-. The Morgan fingerprint density at radius 1 is 1.28 bits per heavy atom. The molecule has 4 nitrogen and oxygen atoms in total. The molecule has 0 aromatic heterocycles. The summed E-state index contributed by atoms with van der Waals surface area (Å²) in [6.45, 7) is 3.53. The number of carbonyl (C=O) groups is 2. The van der Waals surface area contributed by atoms with Gasteiger partial charge in [0.1, 0.15) is 5.60 Å². The molecule has 5 heteroatoms. The average Bonchev–Trinajstić information content (AvgIpc) is 2.28. The fourth-order valence-corrected chi connectivity index (χ4v) is 1.79. The predicted octanol–water partition coefficient (Wildman–Crippen LogP) is 1.19. The van der Waals surface area contributed by atoms with Gasteiger partial charge in [0, 0.05) is 0 Å². The molecule has 1 aromatic rings. The number of rotatable bonds is 5. The van der Waals surface area contributed by atoms with Gasteiger partial charge in [-0.1, -0.05) is 24.3 Å². The van der Waals surface area contributed by atoms with Gasteiger partial charge in [-0.2, -0.15) is 11.8 Å². The number of carbonyl (C=O) groups excluding carboxylic acids is 2. The van der Waals surface area contributed by atoms with Crippen LogP contribution in [0.15, 0.2) is 24.3 Å². The van der Waals surface area contributed by atoms with Gasteiger partial charge >= 0.3 is 5.97 Å².